The molecule has 6 aromatic rings. The lowest BCUT2D eigenvalue weighted by atomic mass is 10.1. The predicted octanol–water partition coefficient (Wildman–Crippen LogP) is 9.00. The Labute approximate surface area is 386 Å². The lowest BCUT2D eigenvalue weighted by Crippen LogP contribution is -2.48. The molecule has 11 nitrogen and oxygen atoms in total. The predicted molar refractivity (Wildman–Crippen MR) is 258 cm³/mol. The van der Waals surface area contributed by atoms with Crippen molar-refractivity contribution >= 4 is 64.6 Å². The number of aryl methyl sites for hydroxylation is 6. The van der Waals surface area contributed by atoms with Crippen LogP contribution in [0.15, 0.2) is 93.3 Å². The Morgan fingerprint density at radius 1 is 0.556 bits per heavy atom. The van der Waals surface area contributed by atoms with Crippen LogP contribution in [0.4, 0.5) is 10.3 Å². The molecule has 4 aromatic carbocycles. The summed E-state index contributed by atoms with van der Waals surface area (Å²) in [5.41, 5.74) is 9.80. The average molecular weight is 948 g/mol. The second-order valence-corrected chi connectivity index (χ2v) is 22.2. The molecule has 0 spiro atoms. The second-order valence-electron chi connectivity index (χ2n) is 16.3. The summed E-state index contributed by atoms with van der Waals surface area (Å²) >= 11 is 9.19. The summed E-state index contributed by atoms with van der Waals surface area (Å²) in [7, 11) is -5.35. The normalized spacial score (nSPS) is 15.3. The van der Waals surface area contributed by atoms with Gasteiger partial charge in [0, 0.05) is 81.0 Å². The van der Waals surface area contributed by atoms with Crippen molar-refractivity contribution in [2.75, 3.05) is 69.3 Å². The highest BCUT2D eigenvalue weighted by atomic mass is 35.5. The second kappa shape index (κ2) is 19.8. The lowest BCUT2D eigenvalue weighted by molar-refractivity contribution is 0.384. The number of benzene rings is 4. The van der Waals surface area contributed by atoms with E-state index >= 15 is 0 Å². The molecule has 0 unspecified atom stereocenters. The summed E-state index contributed by atoms with van der Waals surface area (Å²) in [6.45, 7) is 15.9. The first-order valence-corrected chi connectivity index (χ1v) is 26.0. The maximum absolute atomic E-state index is 13.3. The Kier molecular flexibility index (Phi) is 14.7. The van der Waals surface area contributed by atoms with Gasteiger partial charge in [0.2, 0.25) is 20.0 Å². The van der Waals surface area contributed by atoms with E-state index in [9.17, 15) is 16.8 Å². The first kappa shape index (κ1) is 46.6. The van der Waals surface area contributed by atoms with E-state index in [2.05, 4.69) is 32.7 Å². The summed E-state index contributed by atoms with van der Waals surface area (Å²) in [6.07, 6.45) is 1.52. The van der Waals surface area contributed by atoms with Gasteiger partial charge in [-0.3, -0.25) is 0 Å². The third kappa shape index (κ3) is 11.0. The van der Waals surface area contributed by atoms with Crippen LogP contribution in [0.3, 0.4) is 0 Å². The largest absolute Gasteiger partial charge is 0.497 e. The van der Waals surface area contributed by atoms with Gasteiger partial charge in [-0.15, -0.1) is 22.7 Å². The van der Waals surface area contributed by atoms with Crippen molar-refractivity contribution in [3.8, 4) is 5.75 Å². The minimum absolute atomic E-state index is 0.450. The third-order valence-corrected chi connectivity index (χ3v) is 17.9. The van der Waals surface area contributed by atoms with Gasteiger partial charge in [-0.1, -0.05) is 71.3 Å². The summed E-state index contributed by atoms with van der Waals surface area (Å²) < 4.78 is 61.7. The van der Waals surface area contributed by atoms with Crippen LogP contribution in [0.2, 0.25) is 5.02 Å². The number of halogens is 1. The van der Waals surface area contributed by atoms with E-state index in [0.29, 0.717) is 62.1 Å². The Morgan fingerprint density at radius 2 is 0.905 bits per heavy atom. The van der Waals surface area contributed by atoms with E-state index in [1.165, 1.54) is 11.1 Å². The number of hydrogen-bond donors (Lipinski definition) is 0. The van der Waals surface area contributed by atoms with Gasteiger partial charge in [0.15, 0.2) is 10.3 Å². The Bertz CT molecular complexity index is 2710. The van der Waals surface area contributed by atoms with Crippen molar-refractivity contribution in [3.05, 3.63) is 144 Å². The molecule has 2 aliphatic rings. The van der Waals surface area contributed by atoms with Crippen LogP contribution < -0.4 is 14.5 Å². The fourth-order valence-electron chi connectivity index (χ4n) is 8.45. The van der Waals surface area contributed by atoms with Crippen LogP contribution >= 0.6 is 34.3 Å². The minimum atomic E-state index is -3.51. The third-order valence-electron chi connectivity index (χ3n) is 11.3. The molecule has 0 saturated carbocycles. The molecule has 0 N–H and O–H groups in total. The zero-order valence-corrected chi connectivity index (χ0v) is 40.9. The van der Waals surface area contributed by atoms with E-state index in [-0.39, 0.29) is 0 Å². The van der Waals surface area contributed by atoms with Crippen molar-refractivity contribution in [1.82, 2.24) is 18.6 Å². The number of ether oxygens (including phenoxy) is 1. The van der Waals surface area contributed by atoms with Crippen molar-refractivity contribution in [3.63, 3.8) is 0 Å². The summed E-state index contributed by atoms with van der Waals surface area (Å²) in [5, 5.41) is 6.79. The van der Waals surface area contributed by atoms with E-state index < -0.39 is 20.0 Å². The fourth-order valence-corrected chi connectivity index (χ4v) is 14.0. The average Bonchev–Trinajstić information content (AvgIpc) is 3.91. The Hall–Kier alpha value is -4.35. The number of aromatic nitrogens is 2. The van der Waals surface area contributed by atoms with Crippen molar-refractivity contribution in [2.24, 2.45) is 0 Å². The molecule has 2 aromatic heterocycles. The van der Waals surface area contributed by atoms with Gasteiger partial charge < -0.3 is 14.5 Å². The van der Waals surface area contributed by atoms with E-state index in [0.717, 1.165) is 78.6 Å². The minimum Gasteiger partial charge on any atom is -0.497 e. The maximum atomic E-state index is 13.3. The van der Waals surface area contributed by atoms with E-state index in [1.807, 2.05) is 102 Å². The maximum Gasteiger partial charge on any atom is 0.243 e. The molecule has 0 amide bonds. The topological polar surface area (TPSA) is 116 Å². The highest BCUT2D eigenvalue weighted by molar-refractivity contribution is 7.89. The van der Waals surface area contributed by atoms with Gasteiger partial charge in [-0.25, -0.2) is 26.8 Å². The van der Waals surface area contributed by atoms with Crippen LogP contribution in [-0.2, 0) is 32.9 Å². The van der Waals surface area contributed by atoms with Gasteiger partial charge >= 0.3 is 0 Å². The molecule has 0 radical (unpaired) electrons. The van der Waals surface area contributed by atoms with Crippen LogP contribution in [0.25, 0.3) is 0 Å². The number of nitrogens with zero attached hydrogens (tertiary/aromatic N) is 6. The lowest BCUT2D eigenvalue weighted by Gasteiger charge is -2.34. The molecule has 2 aliphatic heterocycles. The molecule has 16 heteroatoms. The van der Waals surface area contributed by atoms with Crippen molar-refractivity contribution in [2.45, 2.75) is 64.2 Å². The van der Waals surface area contributed by atoms with Gasteiger partial charge in [0.1, 0.15) is 5.75 Å². The van der Waals surface area contributed by atoms with E-state index in [4.69, 9.17) is 26.3 Å². The standard InChI is InChI=1S/C24H29N3O3S2.C23H26ClN3O2S2/c1-17-13-18(2)23(19(3)14-17)32(28,29)27-11-9-26(10-12-27)24-25-21(16-31-24)15-20-5-7-22(30-4)8-6-20;1-16-12-17(2)22(18(3)13-16)31(28,29)27-10-8-26(9-11-27)23-25-21(15-30-23)14-19-4-6-20(24)7-5-19/h5-8,13-14,16H,9-12,15H2,1-4H3;4-7,12-13,15H,8-11,14H2,1-3H3. The number of thiazole rings is 2. The summed E-state index contributed by atoms with van der Waals surface area (Å²) in [5.74, 6) is 0.844. The molecule has 2 fully saturated rings. The first-order valence-electron chi connectivity index (χ1n) is 20.9. The SMILES string of the molecule is COc1ccc(Cc2csc(N3CCN(S(=O)(=O)c4c(C)cc(C)cc4C)CC3)n2)cc1.Cc1cc(C)c(S(=O)(=O)N2CCN(c3nc(Cc4ccc(Cl)cc4)cs3)CC2)c(C)c1. The molecule has 0 bridgehead atoms. The highest BCUT2D eigenvalue weighted by Gasteiger charge is 2.33. The zero-order valence-electron chi connectivity index (χ0n) is 36.9. The number of methoxy groups -OCH3 is 1. The Balaban J connectivity index is 0.000000189. The molecular formula is C47H55ClN6O5S4. The monoisotopic (exact) mass is 946 g/mol. The molecule has 63 heavy (non-hydrogen) atoms. The van der Waals surface area contributed by atoms with Crippen LogP contribution in [-0.4, -0.2) is 94.9 Å². The van der Waals surface area contributed by atoms with Crippen LogP contribution in [0.5, 0.6) is 5.75 Å². The number of piperazine rings is 2. The van der Waals surface area contributed by atoms with Gasteiger partial charge in [0.25, 0.3) is 0 Å². The number of anilines is 2. The van der Waals surface area contributed by atoms with Gasteiger partial charge in [0.05, 0.1) is 28.3 Å². The van der Waals surface area contributed by atoms with Gasteiger partial charge in [-0.2, -0.15) is 8.61 Å². The van der Waals surface area contributed by atoms with Gasteiger partial charge in [-0.05, 0) is 99.2 Å². The zero-order chi connectivity index (χ0) is 45.1. The molecule has 2 saturated heterocycles. The number of sulfonamides is 2. The smallest absolute Gasteiger partial charge is 0.243 e. The van der Waals surface area contributed by atoms with Crippen molar-refractivity contribution < 1.29 is 21.6 Å². The number of rotatable bonds is 11. The molecule has 0 aliphatic carbocycles. The van der Waals surface area contributed by atoms with Crippen molar-refractivity contribution in [1.29, 1.82) is 0 Å². The fraction of sp³-hybridized carbons (Fsp3) is 0.362. The molecular weight excluding hydrogens is 892 g/mol. The molecule has 334 valence electrons. The molecule has 8 rings (SSSR count). The summed E-state index contributed by atoms with van der Waals surface area (Å²) in [4.78, 5) is 14.8. The van der Waals surface area contributed by atoms with Crippen LogP contribution in [0, 0.1) is 41.5 Å². The molecule has 4 heterocycles. The number of hydrogen-bond acceptors (Lipinski definition) is 11. The summed E-state index contributed by atoms with van der Waals surface area (Å²) in [6, 6.07) is 23.6. The first-order chi connectivity index (χ1) is 30.0. The Morgan fingerprint density at radius 3 is 1.25 bits per heavy atom. The highest BCUT2D eigenvalue weighted by Crippen LogP contribution is 2.31. The quantitative estimate of drug-likeness (QED) is 0.126. The molecule has 0 atom stereocenters. The van der Waals surface area contributed by atoms with E-state index in [1.54, 1.807) is 38.4 Å². The van der Waals surface area contributed by atoms with Crippen LogP contribution in [0.1, 0.15) is 55.9 Å².